The van der Waals surface area contributed by atoms with E-state index in [0.29, 0.717) is 16.0 Å². The van der Waals surface area contributed by atoms with Crippen molar-refractivity contribution in [2.45, 2.75) is 19.8 Å². The zero-order valence-electron chi connectivity index (χ0n) is 10.9. The Labute approximate surface area is 123 Å². The largest absolute Gasteiger partial charge is 0.356 e. The summed E-state index contributed by atoms with van der Waals surface area (Å²) in [4.78, 5) is 6.90. The summed E-state index contributed by atoms with van der Waals surface area (Å²) in [5.41, 5.74) is 0. The monoisotopic (exact) mass is 294 g/mol. The minimum Gasteiger partial charge on any atom is -0.356 e. The number of pyridine rings is 1. The lowest BCUT2D eigenvalue weighted by Crippen LogP contribution is -2.34. The zero-order valence-corrected chi connectivity index (χ0v) is 12.4. The first kappa shape index (κ1) is 13.0. The van der Waals surface area contributed by atoms with E-state index in [9.17, 15) is 0 Å². The normalized spacial score (nSPS) is 19.9. The van der Waals surface area contributed by atoms with Crippen LogP contribution in [0.25, 0.3) is 10.8 Å². The van der Waals surface area contributed by atoms with Gasteiger partial charge in [-0.2, -0.15) is 0 Å². The van der Waals surface area contributed by atoms with Gasteiger partial charge < -0.3 is 4.90 Å². The molecule has 0 N–H and O–H groups in total. The molecule has 4 heteroatoms. The Morgan fingerprint density at radius 1 is 1.32 bits per heavy atom. The molecule has 1 fully saturated rings. The number of anilines is 1. The summed E-state index contributed by atoms with van der Waals surface area (Å²) in [7, 11) is 0. The molecule has 3 rings (SSSR count). The molecule has 1 saturated heterocycles. The van der Waals surface area contributed by atoms with E-state index in [0.717, 1.165) is 29.7 Å². The van der Waals surface area contributed by atoms with E-state index in [1.165, 1.54) is 12.8 Å². The molecule has 1 unspecified atom stereocenters. The zero-order chi connectivity index (χ0) is 13.4. The molecule has 1 aromatic carbocycles. The van der Waals surface area contributed by atoms with Crippen LogP contribution in [0.2, 0.25) is 10.0 Å². The van der Waals surface area contributed by atoms with Gasteiger partial charge in [0.2, 0.25) is 0 Å². The number of piperidine rings is 1. The number of nitrogens with zero attached hydrogens (tertiary/aromatic N) is 2. The summed E-state index contributed by atoms with van der Waals surface area (Å²) in [6.07, 6.45) is 4.34. The summed E-state index contributed by atoms with van der Waals surface area (Å²) in [6.45, 7) is 4.39. The van der Waals surface area contributed by atoms with Crippen molar-refractivity contribution in [1.29, 1.82) is 0 Å². The maximum atomic E-state index is 6.37. The Kier molecular flexibility index (Phi) is 3.55. The van der Waals surface area contributed by atoms with Gasteiger partial charge in [-0.3, -0.25) is 0 Å². The summed E-state index contributed by atoms with van der Waals surface area (Å²) in [5, 5.41) is 3.42. The van der Waals surface area contributed by atoms with Crippen molar-refractivity contribution >= 4 is 39.8 Å². The minimum absolute atomic E-state index is 0.668. The summed E-state index contributed by atoms with van der Waals surface area (Å²) in [5.74, 6) is 1.70. The van der Waals surface area contributed by atoms with Gasteiger partial charge in [-0.15, -0.1) is 0 Å². The van der Waals surface area contributed by atoms with E-state index in [-0.39, 0.29) is 0 Å². The molecule has 0 saturated carbocycles. The summed E-state index contributed by atoms with van der Waals surface area (Å²) in [6, 6.07) is 5.70. The fraction of sp³-hybridized carbons (Fsp3) is 0.400. The standard InChI is InChI=1S/C15H16Cl2N2/c1-10-3-2-6-19(9-10)15-14-11(4-5-18-15)7-12(16)8-13(14)17/h4-5,7-8,10H,2-3,6,9H2,1H3. The first-order chi connectivity index (χ1) is 9.15. The molecule has 1 aliphatic heterocycles. The topological polar surface area (TPSA) is 16.1 Å². The van der Waals surface area contributed by atoms with Crippen LogP contribution in [0.1, 0.15) is 19.8 Å². The Hall–Kier alpha value is -0.990. The molecule has 2 aromatic rings. The molecule has 100 valence electrons. The van der Waals surface area contributed by atoms with Gasteiger partial charge in [-0.1, -0.05) is 30.1 Å². The Morgan fingerprint density at radius 2 is 2.16 bits per heavy atom. The first-order valence-electron chi connectivity index (χ1n) is 6.64. The second kappa shape index (κ2) is 5.18. The highest BCUT2D eigenvalue weighted by Gasteiger charge is 2.20. The molecule has 0 bridgehead atoms. The van der Waals surface area contributed by atoms with E-state index in [1.54, 1.807) is 6.07 Å². The van der Waals surface area contributed by atoms with Crippen LogP contribution in [0.15, 0.2) is 24.4 Å². The fourth-order valence-electron chi connectivity index (χ4n) is 2.84. The molecular weight excluding hydrogens is 279 g/mol. The van der Waals surface area contributed by atoms with Crippen molar-refractivity contribution in [1.82, 2.24) is 4.98 Å². The van der Waals surface area contributed by atoms with Crippen LogP contribution >= 0.6 is 23.2 Å². The van der Waals surface area contributed by atoms with Crippen molar-refractivity contribution in [3.8, 4) is 0 Å². The SMILES string of the molecule is CC1CCCN(c2nccc3cc(Cl)cc(Cl)c23)C1. The van der Waals surface area contributed by atoms with E-state index in [4.69, 9.17) is 23.2 Å². The Morgan fingerprint density at radius 3 is 2.95 bits per heavy atom. The lowest BCUT2D eigenvalue weighted by molar-refractivity contribution is 0.445. The van der Waals surface area contributed by atoms with Crippen LogP contribution in [0.3, 0.4) is 0 Å². The van der Waals surface area contributed by atoms with Gasteiger partial charge in [-0.05, 0) is 42.3 Å². The van der Waals surface area contributed by atoms with Gasteiger partial charge in [0, 0.05) is 29.7 Å². The Bertz CT molecular complexity index is 612. The lowest BCUT2D eigenvalue weighted by Gasteiger charge is -2.32. The molecule has 2 nitrogen and oxygen atoms in total. The van der Waals surface area contributed by atoms with Crippen LogP contribution in [-0.2, 0) is 0 Å². The van der Waals surface area contributed by atoms with Crippen molar-refractivity contribution in [3.05, 3.63) is 34.4 Å². The van der Waals surface area contributed by atoms with E-state index in [1.807, 2.05) is 18.3 Å². The van der Waals surface area contributed by atoms with E-state index < -0.39 is 0 Å². The number of aromatic nitrogens is 1. The van der Waals surface area contributed by atoms with Gasteiger partial charge in [0.25, 0.3) is 0 Å². The van der Waals surface area contributed by atoms with Crippen LogP contribution in [0.5, 0.6) is 0 Å². The van der Waals surface area contributed by atoms with Crippen molar-refractivity contribution < 1.29 is 0 Å². The first-order valence-corrected chi connectivity index (χ1v) is 7.39. The third-order valence-electron chi connectivity index (χ3n) is 3.72. The van der Waals surface area contributed by atoms with E-state index >= 15 is 0 Å². The number of rotatable bonds is 1. The number of halogens is 2. The molecule has 0 radical (unpaired) electrons. The quantitative estimate of drug-likeness (QED) is 0.752. The van der Waals surface area contributed by atoms with Gasteiger partial charge in [0.1, 0.15) is 5.82 Å². The number of benzene rings is 1. The lowest BCUT2D eigenvalue weighted by atomic mass is 10.00. The smallest absolute Gasteiger partial charge is 0.137 e. The minimum atomic E-state index is 0.668. The third kappa shape index (κ3) is 2.52. The highest BCUT2D eigenvalue weighted by molar-refractivity contribution is 6.39. The molecule has 1 atom stereocenters. The predicted octanol–water partition coefficient (Wildman–Crippen LogP) is 4.78. The summed E-state index contributed by atoms with van der Waals surface area (Å²) >= 11 is 12.4. The van der Waals surface area contributed by atoms with E-state index in [2.05, 4.69) is 16.8 Å². The molecule has 19 heavy (non-hydrogen) atoms. The van der Waals surface area contributed by atoms with Gasteiger partial charge in [0.05, 0.1) is 5.02 Å². The van der Waals surface area contributed by atoms with Crippen LogP contribution in [0, 0.1) is 5.92 Å². The van der Waals surface area contributed by atoms with Crippen LogP contribution in [0.4, 0.5) is 5.82 Å². The number of hydrogen-bond acceptors (Lipinski definition) is 2. The average Bonchev–Trinajstić information content (AvgIpc) is 2.37. The molecule has 0 aliphatic carbocycles. The van der Waals surface area contributed by atoms with Crippen molar-refractivity contribution in [3.63, 3.8) is 0 Å². The van der Waals surface area contributed by atoms with Crippen LogP contribution < -0.4 is 4.90 Å². The Balaban J connectivity index is 2.13. The molecule has 2 heterocycles. The van der Waals surface area contributed by atoms with Gasteiger partial charge in [0.15, 0.2) is 0 Å². The number of hydrogen-bond donors (Lipinski definition) is 0. The maximum Gasteiger partial charge on any atom is 0.137 e. The highest BCUT2D eigenvalue weighted by atomic mass is 35.5. The highest BCUT2D eigenvalue weighted by Crippen LogP contribution is 2.35. The predicted molar refractivity (Wildman–Crippen MR) is 82.4 cm³/mol. The fourth-order valence-corrected chi connectivity index (χ4v) is 3.43. The molecule has 1 aliphatic rings. The van der Waals surface area contributed by atoms with Gasteiger partial charge >= 0.3 is 0 Å². The third-order valence-corrected chi connectivity index (χ3v) is 4.23. The van der Waals surface area contributed by atoms with Crippen LogP contribution in [-0.4, -0.2) is 18.1 Å². The average molecular weight is 295 g/mol. The molecular formula is C15H16Cl2N2. The van der Waals surface area contributed by atoms with Crippen molar-refractivity contribution in [2.75, 3.05) is 18.0 Å². The van der Waals surface area contributed by atoms with Gasteiger partial charge in [-0.25, -0.2) is 4.98 Å². The number of fused-ring (bicyclic) bond motifs is 1. The molecule has 0 amide bonds. The summed E-state index contributed by atoms with van der Waals surface area (Å²) < 4.78 is 0. The van der Waals surface area contributed by atoms with Crippen molar-refractivity contribution in [2.24, 2.45) is 5.92 Å². The second-order valence-corrected chi connectivity index (χ2v) is 6.16. The molecule has 0 spiro atoms. The molecule has 1 aromatic heterocycles. The second-order valence-electron chi connectivity index (χ2n) is 5.31. The maximum absolute atomic E-state index is 6.37.